The van der Waals surface area contributed by atoms with E-state index in [0.29, 0.717) is 34.9 Å². The third kappa shape index (κ3) is 5.88. The van der Waals surface area contributed by atoms with Gasteiger partial charge in [-0.25, -0.2) is 19.3 Å². The molecule has 0 saturated heterocycles. The number of fused-ring (bicyclic) bond motifs is 1. The Hall–Kier alpha value is -3.26. The molecule has 9 heteroatoms. The van der Waals surface area contributed by atoms with E-state index in [1.165, 1.54) is 6.20 Å². The maximum absolute atomic E-state index is 14.8. The first-order chi connectivity index (χ1) is 17.0. The molecule has 35 heavy (non-hydrogen) atoms. The van der Waals surface area contributed by atoms with Crippen molar-refractivity contribution >= 4 is 34.4 Å². The van der Waals surface area contributed by atoms with Crippen LogP contribution in [0.1, 0.15) is 52.4 Å². The molecule has 2 N–H and O–H groups in total. The second-order valence-corrected chi connectivity index (χ2v) is 9.14. The highest BCUT2D eigenvalue weighted by atomic mass is 35.5. The van der Waals surface area contributed by atoms with E-state index in [1.807, 2.05) is 31.4 Å². The lowest BCUT2D eigenvalue weighted by molar-refractivity contribution is -0.130. The SMILES string of the molecule is CCCCC(C[C@@H]1C=CC=CN1C(=O)CCC)Nc1nc(-c2c[nH]c3ncc(Cl)cc23)ncc1F. The number of aromatic amines is 1. The number of amides is 1. The van der Waals surface area contributed by atoms with Crippen LogP contribution >= 0.6 is 11.6 Å². The van der Waals surface area contributed by atoms with Gasteiger partial charge < -0.3 is 15.2 Å². The number of aromatic nitrogens is 4. The van der Waals surface area contributed by atoms with Crippen molar-refractivity contribution in [3.8, 4) is 11.4 Å². The molecule has 0 aliphatic carbocycles. The van der Waals surface area contributed by atoms with E-state index in [1.54, 1.807) is 23.4 Å². The minimum Gasteiger partial charge on any atom is -0.365 e. The zero-order chi connectivity index (χ0) is 24.8. The lowest BCUT2D eigenvalue weighted by Crippen LogP contribution is -2.39. The highest BCUT2D eigenvalue weighted by Crippen LogP contribution is 2.29. The maximum Gasteiger partial charge on any atom is 0.227 e. The van der Waals surface area contributed by atoms with Crippen LogP contribution in [0, 0.1) is 5.82 Å². The average Bonchev–Trinajstić information content (AvgIpc) is 3.27. The second-order valence-electron chi connectivity index (χ2n) is 8.71. The summed E-state index contributed by atoms with van der Waals surface area (Å²) in [7, 11) is 0. The molecule has 1 aliphatic rings. The van der Waals surface area contributed by atoms with Gasteiger partial charge in [-0.15, -0.1) is 0 Å². The van der Waals surface area contributed by atoms with Gasteiger partial charge in [0, 0.05) is 42.0 Å². The molecule has 1 aliphatic heterocycles. The highest BCUT2D eigenvalue weighted by Gasteiger charge is 2.25. The standard InChI is InChI=1S/C26H30ClFN6O/c1-3-5-9-18(13-19-10-6-7-11-34(19)23(35)8-4-2)32-26-22(28)16-31-25(33-26)21-15-30-24-20(21)12-17(27)14-29-24/h6-7,10-12,14-16,18-19H,3-5,8-9,13H2,1-2H3,(H,29,30)(H,31,32,33)/t18?,19-/m0/s1. The molecule has 4 heterocycles. The summed E-state index contributed by atoms with van der Waals surface area (Å²) in [6.07, 6.45) is 16.9. The van der Waals surface area contributed by atoms with Gasteiger partial charge >= 0.3 is 0 Å². The monoisotopic (exact) mass is 496 g/mol. The number of anilines is 1. The number of hydrogen-bond donors (Lipinski definition) is 2. The third-order valence-corrected chi connectivity index (χ3v) is 6.26. The van der Waals surface area contributed by atoms with Crippen molar-refractivity contribution in [3.63, 3.8) is 0 Å². The number of nitrogens with zero attached hydrogens (tertiary/aromatic N) is 4. The van der Waals surface area contributed by atoms with Crippen molar-refractivity contribution in [3.05, 3.63) is 59.9 Å². The van der Waals surface area contributed by atoms with E-state index in [9.17, 15) is 9.18 Å². The number of hydrogen-bond acceptors (Lipinski definition) is 5. The van der Waals surface area contributed by atoms with Gasteiger partial charge in [0.05, 0.1) is 17.3 Å². The van der Waals surface area contributed by atoms with Crippen LogP contribution in [0.3, 0.4) is 0 Å². The Morgan fingerprint density at radius 3 is 2.91 bits per heavy atom. The van der Waals surface area contributed by atoms with Crippen LogP contribution < -0.4 is 5.32 Å². The fraction of sp³-hybridized carbons (Fsp3) is 0.385. The maximum atomic E-state index is 14.8. The molecule has 0 aromatic carbocycles. The molecule has 4 rings (SSSR count). The lowest BCUT2D eigenvalue weighted by Gasteiger charge is -2.32. The van der Waals surface area contributed by atoms with E-state index >= 15 is 0 Å². The Morgan fingerprint density at radius 2 is 2.11 bits per heavy atom. The average molecular weight is 497 g/mol. The van der Waals surface area contributed by atoms with E-state index in [-0.39, 0.29) is 23.8 Å². The van der Waals surface area contributed by atoms with Crippen LogP contribution in [0.4, 0.5) is 10.2 Å². The molecule has 0 fully saturated rings. The Labute approximate surface area is 209 Å². The van der Waals surface area contributed by atoms with Crippen LogP contribution in [-0.4, -0.2) is 42.8 Å². The molecule has 0 spiro atoms. The van der Waals surface area contributed by atoms with Gasteiger partial charge in [-0.2, -0.15) is 0 Å². The van der Waals surface area contributed by atoms with Crippen LogP contribution in [0.2, 0.25) is 5.02 Å². The summed E-state index contributed by atoms with van der Waals surface area (Å²) < 4.78 is 14.8. The predicted octanol–water partition coefficient (Wildman–Crippen LogP) is 6.25. The largest absolute Gasteiger partial charge is 0.365 e. The summed E-state index contributed by atoms with van der Waals surface area (Å²) >= 11 is 6.13. The smallest absolute Gasteiger partial charge is 0.227 e. The molecular formula is C26H30ClFN6O. The van der Waals surface area contributed by atoms with Crippen molar-refractivity contribution < 1.29 is 9.18 Å². The van der Waals surface area contributed by atoms with Crippen molar-refractivity contribution in [1.29, 1.82) is 0 Å². The van der Waals surface area contributed by atoms with E-state index in [4.69, 9.17) is 11.6 Å². The number of allylic oxidation sites excluding steroid dienone is 2. The van der Waals surface area contributed by atoms with E-state index in [2.05, 4.69) is 32.2 Å². The number of carbonyl (C=O) groups is 1. The molecule has 0 saturated carbocycles. The molecule has 0 radical (unpaired) electrons. The van der Waals surface area contributed by atoms with Crippen molar-refractivity contribution in [1.82, 2.24) is 24.8 Å². The summed E-state index contributed by atoms with van der Waals surface area (Å²) in [5, 5.41) is 4.57. The molecular weight excluding hydrogens is 467 g/mol. The number of H-pyrrole nitrogens is 1. The van der Waals surface area contributed by atoms with Gasteiger partial charge in [0.25, 0.3) is 0 Å². The summed E-state index contributed by atoms with van der Waals surface area (Å²) in [4.78, 5) is 30.5. The predicted molar refractivity (Wildman–Crippen MR) is 137 cm³/mol. The van der Waals surface area contributed by atoms with Gasteiger partial charge in [-0.05, 0) is 31.4 Å². The van der Waals surface area contributed by atoms with Gasteiger partial charge in [-0.3, -0.25) is 4.79 Å². The topological polar surface area (TPSA) is 86.8 Å². The fourth-order valence-corrected chi connectivity index (χ4v) is 4.44. The third-order valence-electron chi connectivity index (χ3n) is 6.06. The van der Waals surface area contributed by atoms with E-state index < -0.39 is 5.82 Å². The molecule has 184 valence electrons. The molecule has 3 aromatic rings. The fourth-order valence-electron chi connectivity index (χ4n) is 4.29. The molecule has 7 nitrogen and oxygen atoms in total. The zero-order valence-corrected chi connectivity index (χ0v) is 20.7. The number of rotatable bonds is 10. The Balaban J connectivity index is 1.59. The first-order valence-electron chi connectivity index (χ1n) is 12.1. The zero-order valence-electron chi connectivity index (χ0n) is 20.0. The summed E-state index contributed by atoms with van der Waals surface area (Å²) in [5.41, 5.74) is 1.35. The summed E-state index contributed by atoms with van der Waals surface area (Å²) in [6.45, 7) is 4.12. The lowest BCUT2D eigenvalue weighted by atomic mass is 9.98. The van der Waals surface area contributed by atoms with Crippen molar-refractivity contribution in [2.75, 3.05) is 5.32 Å². The number of nitrogens with one attached hydrogen (secondary N) is 2. The van der Waals surface area contributed by atoms with Gasteiger partial charge in [0.2, 0.25) is 5.91 Å². The van der Waals surface area contributed by atoms with Gasteiger partial charge in [-0.1, -0.05) is 50.4 Å². The second kappa shape index (κ2) is 11.4. The van der Waals surface area contributed by atoms with Crippen molar-refractivity contribution in [2.24, 2.45) is 0 Å². The van der Waals surface area contributed by atoms with Gasteiger partial charge in [0.15, 0.2) is 17.5 Å². The molecule has 2 atom stereocenters. The molecule has 0 bridgehead atoms. The summed E-state index contributed by atoms with van der Waals surface area (Å²) in [5.74, 6) is 0.0830. The Morgan fingerprint density at radius 1 is 1.26 bits per heavy atom. The Bertz CT molecular complexity index is 1240. The molecule has 3 aromatic heterocycles. The van der Waals surface area contributed by atoms with Crippen LogP contribution in [0.15, 0.2) is 49.1 Å². The van der Waals surface area contributed by atoms with Crippen molar-refractivity contribution in [2.45, 2.75) is 64.5 Å². The van der Waals surface area contributed by atoms with Crippen LogP contribution in [-0.2, 0) is 4.79 Å². The summed E-state index contributed by atoms with van der Waals surface area (Å²) in [6, 6.07) is 1.61. The van der Waals surface area contributed by atoms with Crippen LogP contribution in [0.5, 0.6) is 0 Å². The normalized spacial score (nSPS) is 16.1. The Kier molecular flexibility index (Phi) is 8.13. The number of pyridine rings is 1. The van der Waals surface area contributed by atoms with Crippen LogP contribution in [0.25, 0.3) is 22.4 Å². The number of carbonyl (C=O) groups excluding carboxylic acids is 1. The molecule has 1 amide bonds. The van der Waals surface area contributed by atoms with Gasteiger partial charge in [0.1, 0.15) is 5.65 Å². The molecule has 1 unspecified atom stereocenters. The first kappa shape index (κ1) is 24.9. The number of unbranched alkanes of at least 4 members (excludes halogenated alkanes) is 1. The minimum atomic E-state index is -0.524. The van der Waals surface area contributed by atoms with E-state index in [0.717, 1.165) is 31.1 Å². The minimum absolute atomic E-state index is 0.0793. The number of halogens is 2. The quantitative estimate of drug-likeness (QED) is 0.346. The highest BCUT2D eigenvalue weighted by molar-refractivity contribution is 6.31. The first-order valence-corrected chi connectivity index (χ1v) is 12.5.